The summed E-state index contributed by atoms with van der Waals surface area (Å²) in [6.45, 7) is 6.92. The largest absolute Gasteiger partial charge is 0.339 e. The average molecular weight is 399 g/mol. The topological polar surface area (TPSA) is 74.8 Å². The molecule has 2 rings (SSSR count). The van der Waals surface area contributed by atoms with Gasteiger partial charge in [0, 0.05) is 32.6 Å². The molecule has 0 aromatic heterocycles. The molecule has 1 aromatic rings. The van der Waals surface area contributed by atoms with Gasteiger partial charge in [0.2, 0.25) is 11.8 Å². The van der Waals surface area contributed by atoms with Gasteiger partial charge in [0.05, 0.1) is 4.90 Å². The second kappa shape index (κ2) is 8.82. The van der Waals surface area contributed by atoms with Crippen LogP contribution in [0.5, 0.6) is 0 Å². The lowest BCUT2D eigenvalue weighted by atomic mass is 10.1. The van der Waals surface area contributed by atoms with Crippen molar-refractivity contribution in [2.24, 2.45) is 5.92 Å². The number of nitrogens with zero attached hydrogens (tertiary/aromatic N) is 2. The molecule has 0 N–H and O–H groups in total. The zero-order valence-electron chi connectivity index (χ0n) is 16.0. The number of hydrogen-bond acceptors (Lipinski definition) is 4. The Kier molecular flexibility index (Phi) is 6.97. The minimum absolute atomic E-state index is 0.0720. The van der Waals surface area contributed by atoms with Crippen molar-refractivity contribution in [3.05, 3.63) is 30.1 Å². The summed E-state index contributed by atoms with van der Waals surface area (Å²) >= 11 is 0. The van der Waals surface area contributed by atoms with E-state index in [1.165, 1.54) is 24.0 Å². The number of carbonyl (C=O) groups excluding carboxylic acids is 2. The predicted molar refractivity (Wildman–Crippen MR) is 100 cm³/mol. The zero-order chi connectivity index (χ0) is 20.2. The number of piperazine rings is 1. The van der Waals surface area contributed by atoms with E-state index in [-0.39, 0.29) is 10.8 Å². The van der Waals surface area contributed by atoms with E-state index < -0.39 is 26.8 Å². The highest BCUT2D eigenvalue weighted by atomic mass is 32.2. The first-order valence-electron chi connectivity index (χ1n) is 9.19. The number of sulfone groups is 1. The molecule has 1 fully saturated rings. The van der Waals surface area contributed by atoms with Gasteiger partial charge < -0.3 is 9.80 Å². The maximum Gasteiger partial charge on any atom is 0.241 e. The lowest BCUT2D eigenvalue weighted by molar-refractivity contribution is -0.139. The molecule has 1 saturated heterocycles. The highest BCUT2D eigenvalue weighted by molar-refractivity contribution is 7.92. The number of halogens is 1. The van der Waals surface area contributed by atoms with Gasteiger partial charge in [0.25, 0.3) is 0 Å². The summed E-state index contributed by atoms with van der Waals surface area (Å²) in [4.78, 5) is 28.0. The monoisotopic (exact) mass is 398 g/mol. The van der Waals surface area contributed by atoms with Gasteiger partial charge in [-0.15, -0.1) is 0 Å². The van der Waals surface area contributed by atoms with Crippen molar-refractivity contribution in [2.75, 3.05) is 26.2 Å². The summed E-state index contributed by atoms with van der Waals surface area (Å²) in [5.74, 6) is -0.503. The normalized spacial score (nSPS) is 16.5. The molecule has 1 unspecified atom stereocenters. The summed E-state index contributed by atoms with van der Waals surface area (Å²) in [5, 5.41) is -1.26. The van der Waals surface area contributed by atoms with Crippen LogP contribution in [0, 0.1) is 11.7 Å². The van der Waals surface area contributed by atoms with Gasteiger partial charge in [-0.2, -0.15) is 0 Å². The van der Waals surface area contributed by atoms with Crippen molar-refractivity contribution in [2.45, 2.75) is 43.8 Å². The minimum atomic E-state index is -3.89. The van der Waals surface area contributed by atoms with E-state index in [1.807, 2.05) is 0 Å². The summed E-state index contributed by atoms with van der Waals surface area (Å²) in [6.07, 6.45) is 1.31. The Hall–Kier alpha value is -1.96. The molecule has 1 aliphatic heterocycles. The van der Waals surface area contributed by atoms with Crippen LogP contribution in [0.4, 0.5) is 4.39 Å². The molecule has 8 heteroatoms. The van der Waals surface area contributed by atoms with E-state index in [4.69, 9.17) is 0 Å². The van der Waals surface area contributed by atoms with E-state index in [0.29, 0.717) is 38.5 Å². The molecular formula is C19H27FN2O4S. The minimum Gasteiger partial charge on any atom is -0.339 e. The standard InChI is InChI=1S/C19H27FN2O4S/c1-14(2)4-9-18(23)21-10-12-22(13-11-21)19(24)15(3)27(25,26)17-7-5-16(20)6-8-17/h5-8,14-15H,4,9-13H2,1-3H3. The summed E-state index contributed by atoms with van der Waals surface area (Å²) < 4.78 is 38.3. The number of carbonyl (C=O) groups is 2. The molecule has 0 aliphatic carbocycles. The van der Waals surface area contributed by atoms with Crippen molar-refractivity contribution >= 4 is 21.7 Å². The molecule has 2 amide bonds. The summed E-state index contributed by atoms with van der Waals surface area (Å²) in [5.41, 5.74) is 0. The van der Waals surface area contributed by atoms with Crippen LogP contribution < -0.4 is 0 Å². The molecule has 27 heavy (non-hydrogen) atoms. The van der Waals surface area contributed by atoms with E-state index in [9.17, 15) is 22.4 Å². The molecule has 0 bridgehead atoms. The number of amides is 2. The molecule has 1 aliphatic rings. The molecule has 0 saturated carbocycles. The fourth-order valence-corrected chi connectivity index (χ4v) is 4.30. The Morgan fingerprint density at radius 1 is 1.00 bits per heavy atom. The maximum absolute atomic E-state index is 13.0. The van der Waals surface area contributed by atoms with Gasteiger partial charge in [-0.05, 0) is 43.5 Å². The highest BCUT2D eigenvalue weighted by Crippen LogP contribution is 2.19. The smallest absolute Gasteiger partial charge is 0.241 e. The molecule has 0 spiro atoms. The third kappa shape index (κ3) is 5.28. The van der Waals surface area contributed by atoms with Gasteiger partial charge in [-0.3, -0.25) is 9.59 Å². The van der Waals surface area contributed by atoms with Gasteiger partial charge in [-0.1, -0.05) is 13.8 Å². The van der Waals surface area contributed by atoms with Crippen LogP contribution in [0.2, 0.25) is 0 Å². The van der Waals surface area contributed by atoms with E-state index in [1.54, 1.807) is 4.90 Å². The van der Waals surface area contributed by atoms with Crippen LogP contribution >= 0.6 is 0 Å². The molecular weight excluding hydrogens is 371 g/mol. The van der Waals surface area contributed by atoms with Crippen LogP contribution in [-0.4, -0.2) is 61.5 Å². The molecule has 0 radical (unpaired) electrons. The third-order valence-electron chi connectivity index (χ3n) is 4.83. The highest BCUT2D eigenvalue weighted by Gasteiger charge is 2.34. The van der Waals surface area contributed by atoms with Gasteiger partial charge in [0.15, 0.2) is 9.84 Å². The first kappa shape index (κ1) is 21.3. The summed E-state index contributed by atoms with van der Waals surface area (Å²) in [6, 6.07) is 4.46. The number of rotatable bonds is 6. The van der Waals surface area contributed by atoms with Crippen LogP contribution in [0.15, 0.2) is 29.2 Å². The van der Waals surface area contributed by atoms with E-state index >= 15 is 0 Å². The van der Waals surface area contributed by atoms with Crippen molar-refractivity contribution in [1.82, 2.24) is 9.80 Å². The third-order valence-corrected chi connectivity index (χ3v) is 6.90. The molecule has 1 aromatic carbocycles. The van der Waals surface area contributed by atoms with Crippen LogP contribution in [-0.2, 0) is 19.4 Å². The van der Waals surface area contributed by atoms with Crippen molar-refractivity contribution in [3.63, 3.8) is 0 Å². The van der Waals surface area contributed by atoms with Crippen molar-refractivity contribution < 1.29 is 22.4 Å². The number of hydrogen-bond donors (Lipinski definition) is 0. The first-order chi connectivity index (χ1) is 12.6. The summed E-state index contributed by atoms with van der Waals surface area (Å²) in [7, 11) is -3.89. The second-order valence-electron chi connectivity index (χ2n) is 7.28. The van der Waals surface area contributed by atoms with Crippen molar-refractivity contribution in [1.29, 1.82) is 0 Å². The van der Waals surface area contributed by atoms with Crippen LogP contribution in [0.3, 0.4) is 0 Å². The van der Waals surface area contributed by atoms with Crippen molar-refractivity contribution in [3.8, 4) is 0 Å². The Labute approximate surface area is 160 Å². The van der Waals surface area contributed by atoms with Gasteiger partial charge in [0.1, 0.15) is 11.1 Å². The Balaban J connectivity index is 1.96. The maximum atomic E-state index is 13.0. The first-order valence-corrected chi connectivity index (χ1v) is 10.7. The molecule has 1 atom stereocenters. The van der Waals surface area contributed by atoms with E-state index in [0.717, 1.165) is 18.6 Å². The van der Waals surface area contributed by atoms with Crippen LogP contribution in [0.1, 0.15) is 33.6 Å². The fraction of sp³-hybridized carbons (Fsp3) is 0.579. The van der Waals surface area contributed by atoms with Gasteiger partial charge >= 0.3 is 0 Å². The lowest BCUT2D eigenvalue weighted by Gasteiger charge is -2.36. The predicted octanol–water partition coefficient (Wildman–Crippen LogP) is 2.09. The van der Waals surface area contributed by atoms with Gasteiger partial charge in [-0.25, -0.2) is 12.8 Å². The fourth-order valence-electron chi connectivity index (χ4n) is 2.96. The SMILES string of the molecule is CC(C)CCC(=O)N1CCN(C(=O)C(C)S(=O)(=O)c2ccc(F)cc2)CC1. The lowest BCUT2D eigenvalue weighted by Crippen LogP contribution is -2.53. The molecule has 6 nitrogen and oxygen atoms in total. The number of benzene rings is 1. The Morgan fingerprint density at radius 2 is 1.52 bits per heavy atom. The quantitative estimate of drug-likeness (QED) is 0.688. The molecule has 1 heterocycles. The second-order valence-corrected chi connectivity index (χ2v) is 9.55. The Bertz CT molecular complexity index is 769. The van der Waals surface area contributed by atoms with Crippen LogP contribution in [0.25, 0.3) is 0 Å². The Morgan fingerprint density at radius 3 is 2.04 bits per heavy atom. The zero-order valence-corrected chi connectivity index (χ0v) is 16.8. The van der Waals surface area contributed by atoms with E-state index in [2.05, 4.69) is 13.8 Å². The molecule has 150 valence electrons. The average Bonchev–Trinajstić information content (AvgIpc) is 2.65.